The fourth-order valence-electron chi connectivity index (χ4n) is 3.75. The molecule has 0 radical (unpaired) electrons. The van der Waals surface area contributed by atoms with Crippen LogP contribution in [0.15, 0.2) is 102 Å². The van der Waals surface area contributed by atoms with Crippen LogP contribution in [0.25, 0.3) is 10.8 Å². The van der Waals surface area contributed by atoms with E-state index in [1.54, 1.807) is 0 Å². The van der Waals surface area contributed by atoms with Gasteiger partial charge in [-0.3, -0.25) is 4.79 Å². The lowest BCUT2D eigenvalue weighted by atomic mass is 10.0. The van der Waals surface area contributed by atoms with E-state index in [9.17, 15) is 4.79 Å². The zero-order valence-corrected chi connectivity index (χ0v) is 17.8. The maximum atomic E-state index is 13.4. The second-order valence-electron chi connectivity index (χ2n) is 7.72. The standard InChI is InChI=1S/C27H26N4O/c28-27(29)30-17-20-13-15-21(16-14-20)18-31(26(32)23-8-2-1-3-9-23)19-24-11-6-10-22-7-4-5-12-25(22)24/h1-16H,17-19H2,(H4,28,29,30). The van der Waals surface area contributed by atoms with E-state index in [2.05, 4.69) is 29.3 Å². The van der Waals surface area contributed by atoms with Crippen LogP contribution in [0, 0.1) is 0 Å². The zero-order chi connectivity index (χ0) is 22.3. The molecule has 0 aromatic heterocycles. The fourth-order valence-corrected chi connectivity index (χ4v) is 3.75. The maximum Gasteiger partial charge on any atom is 0.254 e. The van der Waals surface area contributed by atoms with Crippen molar-refractivity contribution in [1.29, 1.82) is 0 Å². The van der Waals surface area contributed by atoms with Gasteiger partial charge in [-0.05, 0) is 39.6 Å². The van der Waals surface area contributed by atoms with Crippen molar-refractivity contribution in [2.75, 3.05) is 0 Å². The number of aliphatic imine (C=N–C) groups is 1. The van der Waals surface area contributed by atoms with E-state index in [1.807, 2.05) is 77.7 Å². The number of benzene rings is 4. The third-order valence-corrected chi connectivity index (χ3v) is 5.39. The van der Waals surface area contributed by atoms with Crippen LogP contribution in [0.1, 0.15) is 27.0 Å². The van der Waals surface area contributed by atoms with Crippen LogP contribution in [-0.2, 0) is 19.6 Å². The SMILES string of the molecule is NC(N)=NCc1ccc(CN(Cc2cccc3ccccc23)C(=O)c2ccccc2)cc1. The summed E-state index contributed by atoms with van der Waals surface area (Å²) in [7, 11) is 0. The number of guanidine groups is 1. The number of nitrogens with zero attached hydrogens (tertiary/aromatic N) is 2. The highest BCUT2D eigenvalue weighted by atomic mass is 16.2. The molecule has 0 aliphatic carbocycles. The highest BCUT2D eigenvalue weighted by molar-refractivity contribution is 5.94. The predicted molar refractivity (Wildman–Crippen MR) is 130 cm³/mol. The van der Waals surface area contributed by atoms with Gasteiger partial charge in [-0.15, -0.1) is 0 Å². The number of carbonyl (C=O) groups excluding carboxylic acids is 1. The Kier molecular flexibility index (Phi) is 6.46. The minimum atomic E-state index is 0.00289. The molecule has 32 heavy (non-hydrogen) atoms. The number of fused-ring (bicyclic) bond motifs is 1. The molecule has 1 amide bonds. The average Bonchev–Trinajstić information content (AvgIpc) is 2.83. The van der Waals surface area contributed by atoms with Crippen molar-refractivity contribution in [1.82, 2.24) is 4.90 Å². The number of carbonyl (C=O) groups is 1. The van der Waals surface area contributed by atoms with Gasteiger partial charge in [0.15, 0.2) is 5.96 Å². The zero-order valence-electron chi connectivity index (χ0n) is 17.8. The van der Waals surface area contributed by atoms with E-state index < -0.39 is 0 Å². The van der Waals surface area contributed by atoms with Gasteiger partial charge in [0, 0.05) is 18.7 Å². The summed E-state index contributed by atoms with van der Waals surface area (Å²) in [5.74, 6) is 0.0758. The molecular weight excluding hydrogens is 396 g/mol. The van der Waals surface area contributed by atoms with Gasteiger partial charge in [0.1, 0.15) is 0 Å². The number of hydrogen-bond acceptors (Lipinski definition) is 2. The summed E-state index contributed by atoms with van der Waals surface area (Å²) in [6.07, 6.45) is 0. The Hall–Kier alpha value is -4.12. The number of nitrogens with two attached hydrogens (primary N) is 2. The smallest absolute Gasteiger partial charge is 0.254 e. The van der Waals surface area contributed by atoms with Gasteiger partial charge in [0.05, 0.1) is 6.54 Å². The van der Waals surface area contributed by atoms with Gasteiger partial charge >= 0.3 is 0 Å². The van der Waals surface area contributed by atoms with Gasteiger partial charge in [0.25, 0.3) is 5.91 Å². The maximum absolute atomic E-state index is 13.4. The molecule has 160 valence electrons. The number of hydrogen-bond donors (Lipinski definition) is 2. The first-order chi connectivity index (χ1) is 15.6. The highest BCUT2D eigenvalue weighted by Crippen LogP contribution is 2.22. The Morgan fingerprint density at radius 1 is 0.719 bits per heavy atom. The van der Waals surface area contributed by atoms with Crippen molar-refractivity contribution >= 4 is 22.6 Å². The predicted octanol–water partition coefficient (Wildman–Crippen LogP) is 4.46. The monoisotopic (exact) mass is 422 g/mol. The molecular formula is C27H26N4O. The normalized spacial score (nSPS) is 10.6. The van der Waals surface area contributed by atoms with Crippen molar-refractivity contribution in [2.45, 2.75) is 19.6 Å². The molecule has 5 nitrogen and oxygen atoms in total. The molecule has 0 saturated carbocycles. The van der Waals surface area contributed by atoms with Gasteiger partial charge < -0.3 is 16.4 Å². The van der Waals surface area contributed by atoms with Crippen LogP contribution in [0.5, 0.6) is 0 Å². The van der Waals surface area contributed by atoms with Crippen molar-refractivity contribution in [3.8, 4) is 0 Å². The lowest BCUT2D eigenvalue weighted by molar-refractivity contribution is 0.0731. The van der Waals surface area contributed by atoms with Gasteiger partial charge in [-0.25, -0.2) is 4.99 Å². The number of amides is 1. The lowest BCUT2D eigenvalue weighted by Crippen LogP contribution is -2.30. The van der Waals surface area contributed by atoms with Crippen molar-refractivity contribution in [3.05, 3.63) is 119 Å². The Morgan fingerprint density at radius 3 is 2.12 bits per heavy atom. The van der Waals surface area contributed by atoms with E-state index in [4.69, 9.17) is 11.5 Å². The summed E-state index contributed by atoms with van der Waals surface area (Å²) >= 11 is 0. The van der Waals surface area contributed by atoms with Crippen LogP contribution in [0.3, 0.4) is 0 Å². The van der Waals surface area contributed by atoms with E-state index in [0.29, 0.717) is 25.2 Å². The van der Waals surface area contributed by atoms with E-state index >= 15 is 0 Å². The Morgan fingerprint density at radius 2 is 1.38 bits per heavy atom. The summed E-state index contributed by atoms with van der Waals surface area (Å²) in [6, 6.07) is 31.9. The first-order valence-corrected chi connectivity index (χ1v) is 10.5. The van der Waals surface area contributed by atoms with E-state index in [-0.39, 0.29) is 11.9 Å². The van der Waals surface area contributed by atoms with Crippen LogP contribution in [0.4, 0.5) is 0 Å². The van der Waals surface area contributed by atoms with Crippen molar-refractivity contribution in [3.63, 3.8) is 0 Å². The Labute approximate surface area is 188 Å². The molecule has 0 atom stereocenters. The molecule has 4 rings (SSSR count). The van der Waals surface area contributed by atoms with E-state index in [1.165, 1.54) is 5.39 Å². The Bertz CT molecular complexity index is 1220. The largest absolute Gasteiger partial charge is 0.370 e. The highest BCUT2D eigenvalue weighted by Gasteiger charge is 2.17. The van der Waals surface area contributed by atoms with Crippen molar-refractivity contribution < 1.29 is 4.79 Å². The van der Waals surface area contributed by atoms with Gasteiger partial charge in [0.2, 0.25) is 0 Å². The number of rotatable bonds is 7. The summed E-state index contributed by atoms with van der Waals surface area (Å²) in [5, 5.41) is 2.33. The minimum absolute atomic E-state index is 0.00289. The van der Waals surface area contributed by atoms with E-state index in [0.717, 1.165) is 22.1 Å². The molecule has 4 N–H and O–H groups in total. The van der Waals surface area contributed by atoms with Crippen LogP contribution in [0.2, 0.25) is 0 Å². The summed E-state index contributed by atoms with van der Waals surface area (Å²) in [5.41, 5.74) is 14.7. The topological polar surface area (TPSA) is 84.7 Å². The molecule has 0 bridgehead atoms. The minimum Gasteiger partial charge on any atom is -0.370 e. The first kappa shape index (κ1) is 21.1. The first-order valence-electron chi connectivity index (χ1n) is 10.5. The molecule has 0 saturated heterocycles. The second kappa shape index (κ2) is 9.79. The second-order valence-corrected chi connectivity index (χ2v) is 7.72. The molecule has 0 spiro atoms. The molecule has 0 aliphatic heterocycles. The third-order valence-electron chi connectivity index (χ3n) is 5.39. The Balaban J connectivity index is 1.62. The van der Waals surface area contributed by atoms with Gasteiger partial charge in [-0.1, -0.05) is 84.9 Å². The third kappa shape index (κ3) is 5.13. The summed E-state index contributed by atoms with van der Waals surface area (Å²) in [6.45, 7) is 1.45. The molecule has 4 aromatic carbocycles. The van der Waals surface area contributed by atoms with Crippen LogP contribution in [-0.4, -0.2) is 16.8 Å². The molecule has 0 aliphatic rings. The molecule has 0 fully saturated rings. The molecule has 5 heteroatoms. The summed E-state index contributed by atoms with van der Waals surface area (Å²) < 4.78 is 0. The average molecular weight is 423 g/mol. The van der Waals surface area contributed by atoms with Crippen LogP contribution >= 0.6 is 0 Å². The lowest BCUT2D eigenvalue weighted by Gasteiger charge is -2.24. The summed E-state index contributed by atoms with van der Waals surface area (Å²) in [4.78, 5) is 19.4. The van der Waals surface area contributed by atoms with Crippen molar-refractivity contribution in [2.24, 2.45) is 16.5 Å². The molecule has 4 aromatic rings. The van der Waals surface area contributed by atoms with Gasteiger partial charge in [-0.2, -0.15) is 0 Å². The van der Waals surface area contributed by atoms with Crippen LogP contribution < -0.4 is 11.5 Å². The quantitative estimate of drug-likeness (QED) is 0.341. The molecule has 0 heterocycles. The molecule has 0 unspecified atom stereocenters. The fraction of sp³-hybridized carbons (Fsp3) is 0.111.